The van der Waals surface area contributed by atoms with Gasteiger partial charge >= 0.3 is 0 Å². The number of likely N-dealkylation sites (tertiary alicyclic amines) is 1. The van der Waals surface area contributed by atoms with E-state index in [4.69, 9.17) is 5.73 Å². The molecular formula is C10H15N3. The molecule has 1 saturated heterocycles. The second-order valence-corrected chi connectivity index (χ2v) is 3.62. The van der Waals surface area contributed by atoms with Crippen molar-refractivity contribution in [3.8, 4) is 0 Å². The molecule has 1 aromatic heterocycles. The molecule has 13 heavy (non-hydrogen) atoms. The summed E-state index contributed by atoms with van der Waals surface area (Å²) in [6.45, 7) is 1.17. The molecule has 0 aromatic carbocycles. The molecule has 0 spiro atoms. The third-order valence-electron chi connectivity index (χ3n) is 2.75. The van der Waals surface area contributed by atoms with E-state index in [1.165, 1.54) is 24.9 Å². The van der Waals surface area contributed by atoms with E-state index in [2.05, 4.69) is 23.0 Å². The van der Waals surface area contributed by atoms with Gasteiger partial charge in [0.15, 0.2) is 0 Å². The number of nitrogens with zero attached hydrogens (tertiary/aromatic N) is 2. The molecule has 0 amide bonds. The SMILES string of the molecule is CN1CCC[C@H]1c1cccnc1N. The molecule has 2 N–H and O–H groups in total. The van der Waals surface area contributed by atoms with Crippen LogP contribution in [0.1, 0.15) is 24.4 Å². The van der Waals surface area contributed by atoms with Gasteiger partial charge in [0, 0.05) is 17.8 Å². The first-order valence-corrected chi connectivity index (χ1v) is 4.69. The predicted octanol–water partition coefficient (Wildman–Crippen LogP) is 1.43. The Morgan fingerprint density at radius 3 is 3.08 bits per heavy atom. The lowest BCUT2D eigenvalue weighted by molar-refractivity contribution is 0.318. The van der Waals surface area contributed by atoms with Gasteiger partial charge in [-0.2, -0.15) is 0 Å². The minimum absolute atomic E-state index is 0.480. The van der Waals surface area contributed by atoms with E-state index in [-0.39, 0.29) is 0 Å². The Morgan fingerprint density at radius 1 is 1.62 bits per heavy atom. The summed E-state index contributed by atoms with van der Waals surface area (Å²) in [6.07, 6.45) is 4.20. The number of aromatic nitrogens is 1. The predicted molar refractivity (Wildman–Crippen MR) is 53.3 cm³/mol. The number of rotatable bonds is 1. The van der Waals surface area contributed by atoms with Crippen molar-refractivity contribution in [3.63, 3.8) is 0 Å². The van der Waals surface area contributed by atoms with Crippen LogP contribution in [0.15, 0.2) is 18.3 Å². The van der Waals surface area contributed by atoms with Crippen LogP contribution in [-0.4, -0.2) is 23.5 Å². The molecule has 0 unspecified atom stereocenters. The molecule has 1 fully saturated rings. The number of anilines is 1. The maximum Gasteiger partial charge on any atom is 0.128 e. The summed E-state index contributed by atoms with van der Waals surface area (Å²) in [4.78, 5) is 6.45. The van der Waals surface area contributed by atoms with Crippen molar-refractivity contribution in [1.29, 1.82) is 0 Å². The minimum Gasteiger partial charge on any atom is -0.383 e. The summed E-state index contributed by atoms with van der Waals surface area (Å²) in [7, 11) is 2.14. The topological polar surface area (TPSA) is 42.2 Å². The Morgan fingerprint density at radius 2 is 2.46 bits per heavy atom. The Labute approximate surface area is 78.6 Å². The van der Waals surface area contributed by atoms with Gasteiger partial charge in [0.1, 0.15) is 5.82 Å². The number of pyridine rings is 1. The summed E-state index contributed by atoms with van der Waals surface area (Å²) in [6, 6.07) is 4.51. The third kappa shape index (κ3) is 1.52. The number of nitrogen functional groups attached to an aromatic ring is 1. The average Bonchev–Trinajstić information content (AvgIpc) is 2.52. The van der Waals surface area contributed by atoms with Crippen LogP contribution in [0.4, 0.5) is 5.82 Å². The van der Waals surface area contributed by atoms with Gasteiger partial charge in [-0.05, 0) is 32.5 Å². The van der Waals surface area contributed by atoms with Crippen LogP contribution in [-0.2, 0) is 0 Å². The highest BCUT2D eigenvalue weighted by molar-refractivity contribution is 5.41. The Kier molecular flexibility index (Phi) is 2.19. The van der Waals surface area contributed by atoms with E-state index in [9.17, 15) is 0 Å². The Hall–Kier alpha value is -1.09. The van der Waals surface area contributed by atoms with Crippen molar-refractivity contribution in [2.24, 2.45) is 0 Å². The Balaban J connectivity index is 2.29. The zero-order valence-electron chi connectivity index (χ0n) is 7.90. The highest BCUT2D eigenvalue weighted by atomic mass is 15.1. The fraction of sp³-hybridized carbons (Fsp3) is 0.500. The second kappa shape index (κ2) is 3.34. The zero-order valence-corrected chi connectivity index (χ0v) is 7.90. The highest BCUT2D eigenvalue weighted by Crippen LogP contribution is 2.32. The minimum atomic E-state index is 0.480. The molecule has 0 radical (unpaired) electrons. The van der Waals surface area contributed by atoms with E-state index in [1.54, 1.807) is 6.20 Å². The lowest BCUT2D eigenvalue weighted by Gasteiger charge is -2.20. The van der Waals surface area contributed by atoms with E-state index in [0.717, 1.165) is 0 Å². The lowest BCUT2D eigenvalue weighted by atomic mass is 10.1. The smallest absolute Gasteiger partial charge is 0.128 e. The molecule has 70 valence electrons. The number of nitrogens with two attached hydrogens (primary N) is 1. The van der Waals surface area contributed by atoms with Crippen LogP contribution in [0.25, 0.3) is 0 Å². The monoisotopic (exact) mass is 177 g/mol. The van der Waals surface area contributed by atoms with E-state index in [1.807, 2.05) is 6.07 Å². The molecule has 1 aliphatic rings. The lowest BCUT2D eigenvalue weighted by Crippen LogP contribution is -2.18. The summed E-state index contributed by atoms with van der Waals surface area (Å²) in [5.41, 5.74) is 7.01. The molecule has 1 atom stereocenters. The van der Waals surface area contributed by atoms with Crippen molar-refractivity contribution in [2.45, 2.75) is 18.9 Å². The molecule has 1 aromatic rings. The van der Waals surface area contributed by atoms with Gasteiger partial charge in [-0.3, -0.25) is 4.90 Å². The largest absolute Gasteiger partial charge is 0.383 e. The maximum atomic E-state index is 5.82. The highest BCUT2D eigenvalue weighted by Gasteiger charge is 2.24. The van der Waals surface area contributed by atoms with Gasteiger partial charge in [-0.1, -0.05) is 6.07 Å². The van der Waals surface area contributed by atoms with Crippen LogP contribution in [0.3, 0.4) is 0 Å². The van der Waals surface area contributed by atoms with Crippen LogP contribution in [0.5, 0.6) is 0 Å². The first-order chi connectivity index (χ1) is 6.29. The van der Waals surface area contributed by atoms with Gasteiger partial charge in [0.2, 0.25) is 0 Å². The van der Waals surface area contributed by atoms with Crippen LogP contribution in [0.2, 0.25) is 0 Å². The molecule has 3 nitrogen and oxygen atoms in total. The standard InChI is InChI=1S/C10H15N3/c1-13-7-3-5-9(13)8-4-2-6-12-10(8)11/h2,4,6,9H,3,5,7H2,1H3,(H2,11,12)/t9-/m0/s1. The molecular weight excluding hydrogens is 162 g/mol. The quantitative estimate of drug-likeness (QED) is 0.705. The molecule has 1 aliphatic heterocycles. The number of hydrogen-bond donors (Lipinski definition) is 1. The maximum absolute atomic E-state index is 5.82. The van der Waals surface area contributed by atoms with Crippen molar-refractivity contribution >= 4 is 5.82 Å². The average molecular weight is 177 g/mol. The van der Waals surface area contributed by atoms with Gasteiger partial charge < -0.3 is 5.73 Å². The molecule has 0 bridgehead atoms. The molecule has 0 aliphatic carbocycles. The van der Waals surface area contributed by atoms with Gasteiger partial charge in [-0.25, -0.2) is 4.98 Å². The molecule has 3 heteroatoms. The second-order valence-electron chi connectivity index (χ2n) is 3.62. The van der Waals surface area contributed by atoms with Crippen LogP contribution >= 0.6 is 0 Å². The van der Waals surface area contributed by atoms with Crippen molar-refractivity contribution in [3.05, 3.63) is 23.9 Å². The van der Waals surface area contributed by atoms with Gasteiger partial charge in [0.05, 0.1) is 0 Å². The third-order valence-corrected chi connectivity index (χ3v) is 2.75. The number of hydrogen-bond acceptors (Lipinski definition) is 3. The normalized spacial score (nSPS) is 23.6. The summed E-state index contributed by atoms with van der Waals surface area (Å²) in [5, 5.41) is 0. The molecule has 0 saturated carbocycles. The Bertz CT molecular complexity index is 298. The van der Waals surface area contributed by atoms with Gasteiger partial charge in [0.25, 0.3) is 0 Å². The van der Waals surface area contributed by atoms with Crippen molar-refractivity contribution in [2.75, 3.05) is 19.3 Å². The van der Waals surface area contributed by atoms with Crippen molar-refractivity contribution < 1.29 is 0 Å². The summed E-state index contributed by atoms with van der Waals surface area (Å²) in [5.74, 6) is 0.682. The summed E-state index contributed by atoms with van der Waals surface area (Å²) >= 11 is 0. The van der Waals surface area contributed by atoms with Gasteiger partial charge in [-0.15, -0.1) is 0 Å². The molecule has 2 heterocycles. The van der Waals surface area contributed by atoms with Crippen molar-refractivity contribution in [1.82, 2.24) is 9.88 Å². The van der Waals surface area contributed by atoms with Crippen LogP contribution in [0, 0.1) is 0 Å². The van der Waals surface area contributed by atoms with E-state index < -0.39 is 0 Å². The van der Waals surface area contributed by atoms with Crippen LogP contribution < -0.4 is 5.73 Å². The first-order valence-electron chi connectivity index (χ1n) is 4.69. The summed E-state index contributed by atoms with van der Waals surface area (Å²) < 4.78 is 0. The fourth-order valence-corrected chi connectivity index (χ4v) is 2.01. The zero-order chi connectivity index (χ0) is 9.26. The first kappa shape index (κ1) is 8.51. The molecule has 2 rings (SSSR count). The van der Waals surface area contributed by atoms with E-state index in [0.29, 0.717) is 11.9 Å². The van der Waals surface area contributed by atoms with E-state index >= 15 is 0 Å². The fourth-order valence-electron chi connectivity index (χ4n) is 2.01.